The molecule has 2 rings (SSSR count). The number of benzene rings is 1. The van der Waals surface area contributed by atoms with E-state index in [1.54, 1.807) is 6.07 Å². The van der Waals surface area contributed by atoms with Crippen LogP contribution in [-0.2, 0) is 4.74 Å². The van der Waals surface area contributed by atoms with Crippen molar-refractivity contribution in [1.29, 1.82) is 0 Å². The highest BCUT2D eigenvalue weighted by molar-refractivity contribution is 6.32. The van der Waals surface area contributed by atoms with E-state index < -0.39 is 4.92 Å². The molecule has 0 spiro atoms. The minimum absolute atomic E-state index is 0.0103. The third-order valence-corrected chi connectivity index (χ3v) is 3.84. The van der Waals surface area contributed by atoms with E-state index in [2.05, 4.69) is 12.2 Å². The van der Waals surface area contributed by atoms with Crippen molar-refractivity contribution in [3.05, 3.63) is 33.3 Å². The molecule has 0 heterocycles. The van der Waals surface area contributed by atoms with Crippen LogP contribution in [0.15, 0.2) is 18.2 Å². The molecule has 3 unspecified atom stereocenters. The van der Waals surface area contributed by atoms with Gasteiger partial charge in [-0.15, -0.1) is 0 Å². The minimum Gasteiger partial charge on any atom is -0.488 e. The second-order valence-corrected chi connectivity index (χ2v) is 5.40. The van der Waals surface area contributed by atoms with Crippen LogP contribution in [0.4, 0.5) is 5.69 Å². The fraction of sp³-hybridized carbons (Fsp3) is 0.571. The number of rotatable bonds is 7. The summed E-state index contributed by atoms with van der Waals surface area (Å²) in [5, 5.41) is 14.0. The Bertz CT molecular complexity index is 512. The van der Waals surface area contributed by atoms with E-state index in [1.807, 2.05) is 7.05 Å². The maximum absolute atomic E-state index is 10.7. The summed E-state index contributed by atoms with van der Waals surface area (Å²) >= 11 is 5.88. The predicted molar refractivity (Wildman–Crippen MR) is 80.0 cm³/mol. The highest BCUT2D eigenvalue weighted by atomic mass is 35.5. The smallest absolute Gasteiger partial charge is 0.288 e. The normalized spacial score (nSPS) is 24.4. The van der Waals surface area contributed by atoms with Gasteiger partial charge in [-0.1, -0.05) is 18.5 Å². The summed E-state index contributed by atoms with van der Waals surface area (Å²) in [7, 11) is 1.89. The average Bonchev–Trinajstić information content (AvgIpc) is 2.43. The lowest BCUT2D eigenvalue weighted by Crippen LogP contribution is -2.60. The number of nitro groups is 1. The fourth-order valence-corrected chi connectivity index (χ4v) is 2.58. The number of likely N-dealkylation sites (N-methyl/N-ethyl adjacent to an activating group) is 1. The number of nitrogens with one attached hydrogen (secondary N) is 1. The molecule has 116 valence electrons. The van der Waals surface area contributed by atoms with Crippen LogP contribution < -0.4 is 10.1 Å². The Kier molecular flexibility index (Phi) is 5.39. The summed E-state index contributed by atoms with van der Waals surface area (Å²) < 4.78 is 11.6. The molecular weight excluding hydrogens is 296 g/mol. The SMILES string of the molecule is CCCOC1C(NC)CC1Oc1ccc([N+](=O)[O-])c(Cl)c1. The van der Waals surface area contributed by atoms with Gasteiger partial charge in [-0.3, -0.25) is 10.1 Å². The first-order valence-corrected chi connectivity index (χ1v) is 7.34. The van der Waals surface area contributed by atoms with Gasteiger partial charge in [-0.25, -0.2) is 0 Å². The molecule has 0 saturated heterocycles. The molecule has 1 fully saturated rings. The molecular formula is C14H19ClN2O4. The number of halogens is 1. The molecule has 3 atom stereocenters. The number of hydrogen-bond donors (Lipinski definition) is 1. The molecule has 7 heteroatoms. The van der Waals surface area contributed by atoms with E-state index in [4.69, 9.17) is 21.1 Å². The average molecular weight is 315 g/mol. The lowest BCUT2D eigenvalue weighted by molar-refractivity contribution is -0.384. The Morgan fingerprint density at radius 1 is 1.52 bits per heavy atom. The lowest BCUT2D eigenvalue weighted by Gasteiger charge is -2.43. The first-order chi connectivity index (χ1) is 10.1. The first-order valence-electron chi connectivity index (χ1n) is 6.96. The molecule has 0 bridgehead atoms. The molecule has 1 aliphatic carbocycles. The van der Waals surface area contributed by atoms with Crippen LogP contribution >= 0.6 is 11.6 Å². The molecule has 0 radical (unpaired) electrons. The van der Waals surface area contributed by atoms with Crippen LogP contribution in [-0.4, -0.2) is 36.8 Å². The van der Waals surface area contributed by atoms with E-state index in [1.165, 1.54) is 12.1 Å². The highest BCUT2D eigenvalue weighted by Gasteiger charge is 2.43. The van der Waals surface area contributed by atoms with Gasteiger partial charge in [0.2, 0.25) is 0 Å². The predicted octanol–water partition coefficient (Wildman–Crippen LogP) is 2.78. The summed E-state index contributed by atoms with van der Waals surface area (Å²) in [4.78, 5) is 10.2. The summed E-state index contributed by atoms with van der Waals surface area (Å²) in [6, 6.07) is 4.67. The fourth-order valence-electron chi connectivity index (χ4n) is 2.34. The number of ether oxygens (including phenoxy) is 2. The van der Waals surface area contributed by atoms with Crippen molar-refractivity contribution < 1.29 is 14.4 Å². The first kappa shape index (κ1) is 16.0. The summed E-state index contributed by atoms with van der Waals surface area (Å²) in [5.41, 5.74) is -0.121. The van der Waals surface area contributed by atoms with Gasteiger partial charge < -0.3 is 14.8 Å². The van der Waals surface area contributed by atoms with Crippen molar-refractivity contribution in [3.63, 3.8) is 0 Å². The second kappa shape index (κ2) is 7.06. The van der Waals surface area contributed by atoms with Crippen molar-refractivity contribution >= 4 is 17.3 Å². The lowest BCUT2D eigenvalue weighted by atomic mass is 9.85. The molecule has 6 nitrogen and oxygen atoms in total. The van der Waals surface area contributed by atoms with E-state index in [-0.39, 0.29) is 29.0 Å². The van der Waals surface area contributed by atoms with E-state index in [0.717, 1.165) is 12.8 Å². The van der Waals surface area contributed by atoms with Crippen LogP contribution in [0.3, 0.4) is 0 Å². The monoisotopic (exact) mass is 314 g/mol. The number of nitro benzene ring substituents is 1. The standard InChI is InChI=1S/C14H19ClN2O4/c1-3-6-20-14-11(16-2)8-13(14)21-9-4-5-12(17(18)19)10(15)7-9/h4-5,7,11,13-14,16H,3,6,8H2,1-2H3. The van der Waals surface area contributed by atoms with Gasteiger partial charge in [0.15, 0.2) is 0 Å². The topological polar surface area (TPSA) is 73.6 Å². The van der Waals surface area contributed by atoms with Gasteiger partial charge in [-0.05, 0) is 19.5 Å². The molecule has 0 aliphatic heterocycles. The van der Waals surface area contributed by atoms with E-state index >= 15 is 0 Å². The molecule has 1 aromatic rings. The Morgan fingerprint density at radius 2 is 2.29 bits per heavy atom. The third kappa shape index (κ3) is 3.64. The van der Waals surface area contributed by atoms with Gasteiger partial charge in [0.25, 0.3) is 5.69 Å². The molecule has 21 heavy (non-hydrogen) atoms. The zero-order chi connectivity index (χ0) is 15.4. The van der Waals surface area contributed by atoms with E-state index in [9.17, 15) is 10.1 Å². The van der Waals surface area contributed by atoms with Crippen LogP contribution in [0.2, 0.25) is 5.02 Å². The van der Waals surface area contributed by atoms with Crippen molar-refractivity contribution in [3.8, 4) is 5.75 Å². The van der Waals surface area contributed by atoms with Gasteiger partial charge >= 0.3 is 0 Å². The van der Waals surface area contributed by atoms with E-state index in [0.29, 0.717) is 12.4 Å². The Hall–Kier alpha value is -1.37. The van der Waals surface area contributed by atoms with Crippen molar-refractivity contribution in [1.82, 2.24) is 5.32 Å². The summed E-state index contributed by atoms with van der Waals surface area (Å²) in [6.07, 6.45) is 1.71. The summed E-state index contributed by atoms with van der Waals surface area (Å²) in [6.45, 7) is 2.74. The van der Waals surface area contributed by atoms with Crippen LogP contribution in [0.5, 0.6) is 5.75 Å². The van der Waals surface area contributed by atoms with Crippen molar-refractivity contribution in [2.24, 2.45) is 0 Å². The molecule has 0 amide bonds. The van der Waals surface area contributed by atoms with Crippen LogP contribution in [0, 0.1) is 10.1 Å². The second-order valence-electron chi connectivity index (χ2n) is 4.99. The summed E-state index contributed by atoms with van der Waals surface area (Å²) in [5.74, 6) is 0.523. The maximum Gasteiger partial charge on any atom is 0.288 e. The van der Waals surface area contributed by atoms with Crippen LogP contribution in [0.1, 0.15) is 19.8 Å². The van der Waals surface area contributed by atoms with Gasteiger partial charge in [-0.2, -0.15) is 0 Å². The molecule has 1 aromatic carbocycles. The largest absolute Gasteiger partial charge is 0.488 e. The molecule has 0 aromatic heterocycles. The molecule has 1 saturated carbocycles. The third-order valence-electron chi connectivity index (χ3n) is 3.54. The zero-order valence-corrected chi connectivity index (χ0v) is 12.8. The quantitative estimate of drug-likeness (QED) is 0.619. The highest BCUT2D eigenvalue weighted by Crippen LogP contribution is 2.33. The van der Waals surface area contributed by atoms with Gasteiger partial charge in [0, 0.05) is 31.2 Å². The Labute approximate surface area is 128 Å². The molecule has 1 N–H and O–H groups in total. The molecule has 1 aliphatic rings. The van der Waals surface area contributed by atoms with Gasteiger partial charge in [0.05, 0.1) is 4.92 Å². The van der Waals surface area contributed by atoms with Crippen molar-refractivity contribution in [2.75, 3.05) is 13.7 Å². The van der Waals surface area contributed by atoms with Crippen LogP contribution in [0.25, 0.3) is 0 Å². The van der Waals surface area contributed by atoms with Crippen molar-refractivity contribution in [2.45, 2.75) is 38.0 Å². The maximum atomic E-state index is 10.7. The Morgan fingerprint density at radius 3 is 2.86 bits per heavy atom. The minimum atomic E-state index is -0.514. The van der Waals surface area contributed by atoms with Gasteiger partial charge in [0.1, 0.15) is 23.0 Å². The number of nitrogens with zero attached hydrogens (tertiary/aromatic N) is 1. The number of hydrogen-bond acceptors (Lipinski definition) is 5. The zero-order valence-electron chi connectivity index (χ0n) is 12.0. The Balaban J connectivity index is 2.01.